The maximum Gasteiger partial charge on any atom is 0.330 e. The molecular formula is C31H42O4. The van der Waals surface area contributed by atoms with Crippen LogP contribution in [0.25, 0.3) is 11.1 Å². The molecular weight excluding hydrogens is 436 g/mol. The van der Waals surface area contributed by atoms with Gasteiger partial charge in [-0.15, -0.1) is 0 Å². The quantitative estimate of drug-likeness (QED) is 0.177. The van der Waals surface area contributed by atoms with Gasteiger partial charge in [-0.2, -0.15) is 0 Å². The number of aliphatic hydroxyl groups is 1. The molecule has 0 spiro atoms. The van der Waals surface area contributed by atoms with Crippen LogP contribution >= 0.6 is 0 Å². The zero-order valence-corrected chi connectivity index (χ0v) is 21.3. The Hall–Kier alpha value is -2.59. The number of ether oxygens (including phenoxy) is 2. The minimum atomic E-state index is -0.451. The molecule has 0 amide bonds. The number of esters is 1. The highest BCUT2D eigenvalue weighted by Crippen LogP contribution is 2.38. The number of rotatable bonds is 14. The summed E-state index contributed by atoms with van der Waals surface area (Å²) < 4.78 is 11.0. The van der Waals surface area contributed by atoms with E-state index in [4.69, 9.17) is 9.47 Å². The van der Waals surface area contributed by atoms with Gasteiger partial charge >= 0.3 is 5.97 Å². The SMILES string of the molecule is C=CC(=O)OCCOc1cc(-c2ccc(C3CCC(CCCCC)CC3)cc2)ccc1CCCO. The third-order valence-electron chi connectivity index (χ3n) is 7.20. The van der Waals surface area contributed by atoms with Gasteiger partial charge in [0, 0.05) is 12.7 Å². The lowest BCUT2D eigenvalue weighted by Crippen LogP contribution is -2.13. The molecule has 0 saturated heterocycles. The minimum Gasteiger partial charge on any atom is -0.490 e. The fraction of sp³-hybridized carbons (Fsp3) is 0.516. The van der Waals surface area contributed by atoms with E-state index in [0.717, 1.165) is 35.3 Å². The number of carbonyl (C=O) groups excluding carboxylic acids is 1. The highest BCUT2D eigenvalue weighted by Gasteiger charge is 2.22. The minimum absolute atomic E-state index is 0.139. The Kier molecular flexibility index (Phi) is 11.4. The van der Waals surface area contributed by atoms with Gasteiger partial charge in [0.15, 0.2) is 0 Å². The Morgan fingerprint density at radius 3 is 2.43 bits per heavy atom. The van der Waals surface area contributed by atoms with Crippen molar-refractivity contribution in [1.82, 2.24) is 0 Å². The lowest BCUT2D eigenvalue weighted by Gasteiger charge is -2.29. The molecule has 1 aliphatic rings. The molecule has 1 fully saturated rings. The average Bonchev–Trinajstić information content (AvgIpc) is 2.90. The van der Waals surface area contributed by atoms with Crippen molar-refractivity contribution in [2.45, 2.75) is 77.0 Å². The van der Waals surface area contributed by atoms with Crippen LogP contribution in [-0.2, 0) is 16.0 Å². The normalized spacial score (nSPS) is 17.7. The van der Waals surface area contributed by atoms with E-state index in [1.165, 1.54) is 62.5 Å². The second kappa shape index (κ2) is 14.7. The summed E-state index contributed by atoms with van der Waals surface area (Å²) in [5.74, 6) is 1.94. The molecule has 35 heavy (non-hydrogen) atoms. The molecule has 0 bridgehead atoms. The van der Waals surface area contributed by atoms with Crippen LogP contribution < -0.4 is 4.74 Å². The van der Waals surface area contributed by atoms with E-state index in [1.54, 1.807) is 0 Å². The largest absolute Gasteiger partial charge is 0.490 e. The van der Waals surface area contributed by atoms with Gasteiger partial charge in [-0.1, -0.05) is 75.6 Å². The van der Waals surface area contributed by atoms with E-state index in [1.807, 2.05) is 0 Å². The first-order valence-electron chi connectivity index (χ1n) is 13.4. The Morgan fingerprint density at radius 1 is 1.00 bits per heavy atom. The molecule has 3 rings (SSSR count). The number of hydrogen-bond donors (Lipinski definition) is 1. The molecule has 0 aromatic heterocycles. The van der Waals surface area contributed by atoms with Crippen LogP contribution in [-0.4, -0.2) is 30.9 Å². The Morgan fingerprint density at radius 2 is 1.74 bits per heavy atom. The van der Waals surface area contributed by atoms with Crippen LogP contribution in [0.3, 0.4) is 0 Å². The monoisotopic (exact) mass is 478 g/mol. The molecule has 0 aliphatic heterocycles. The van der Waals surface area contributed by atoms with Gasteiger partial charge in [-0.05, 0) is 78.7 Å². The van der Waals surface area contributed by atoms with E-state index in [-0.39, 0.29) is 19.8 Å². The van der Waals surface area contributed by atoms with Crippen LogP contribution in [0.5, 0.6) is 5.75 Å². The molecule has 1 N–H and O–H groups in total. The fourth-order valence-corrected chi connectivity index (χ4v) is 5.11. The van der Waals surface area contributed by atoms with Crippen molar-refractivity contribution in [2.24, 2.45) is 5.92 Å². The summed E-state index contributed by atoms with van der Waals surface area (Å²) >= 11 is 0. The highest BCUT2D eigenvalue weighted by atomic mass is 16.6. The van der Waals surface area contributed by atoms with E-state index in [9.17, 15) is 9.90 Å². The smallest absolute Gasteiger partial charge is 0.330 e. The van der Waals surface area contributed by atoms with Crippen LogP contribution in [0.2, 0.25) is 0 Å². The Labute approximate surface area is 211 Å². The second-order valence-corrected chi connectivity index (χ2v) is 9.71. The number of aryl methyl sites for hydroxylation is 1. The van der Waals surface area contributed by atoms with Gasteiger partial charge in [0.2, 0.25) is 0 Å². The van der Waals surface area contributed by atoms with Crippen LogP contribution in [0.15, 0.2) is 55.1 Å². The van der Waals surface area contributed by atoms with Crippen LogP contribution in [0, 0.1) is 5.92 Å². The van der Waals surface area contributed by atoms with E-state index >= 15 is 0 Å². The molecule has 2 aromatic carbocycles. The highest BCUT2D eigenvalue weighted by molar-refractivity contribution is 5.81. The van der Waals surface area contributed by atoms with Crippen LogP contribution in [0.1, 0.15) is 81.8 Å². The molecule has 1 saturated carbocycles. The summed E-state index contributed by atoms with van der Waals surface area (Å²) in [4.78, 5) is 11.3. The van der Waals surface area contributed by atoms with Crippen molar-refractivity contribution in [1.29, 1.82) is 0 Å². The van der Waals surface area contributed by atoms with Crippen molar-refractivity contribution < 1.29 is 19.4 Å². The summed E-state index contributed by atoms with van der Waals surface area (Å²) in [6.07, 6.45) is 13.4. The molecule has 4 heteroatoms. The van der Waals surface area contributed by atoms with Crippen molar-refractivity contribution in [3.05, 3.63) is 66.2 Å². The van der Waals surface area contributed by atoms with Crippen molar-refractivity contribution in [2.75, 3.05) is 19.8 Å². The molecule has 0 heterocycles. The fourth-order valence-electron chi connectivity index (χ4n) is 5.11. The molecule has 0 unspecified atom stereocenters. The summed E-state index contributed by atoms with van der Waals surface area (Å²) in [6, 6.07) is 15.3. The van der Waals surface area contributed by atoms with Gasteiger partial charge in [0.05, 0.1) is 0 Å². The molecule has 4 nitrogen and oxygen atoms in total. The molecule has 2 aromatic rings. The Balaban J connectivity index is 1.62. The third-order valence-corrected chi connectivity index (χ3v) is 7.20. The molecule has 0 radical (unpaired) electrons. The van der Waals surface area contributed by atoms with Crippen molar-refractivity contribution in [3.8, 4) is 16.9 Å². The second-order valence-electron chi connectivity index (χ2n) is 9.71. The molecule has 190 valence electrons. The third kappa shape index (κ3) is 8.54. The van der Waals surface area contributed by atoms with Gasteiger partial charge in [0.25, 0.3) is 0 Å². The number of benzene rings is 2. The standard InChI is InChI=1S/C31H42O4/c1-3-5-6-8-24-10-12-25(13-11-24)26-14-16-27(17-15-26)29-19-18-28(9-7-20-32)30(23-29)34-21-22-35-31(33)4-2/h4,14-19,23-25,32H,2-3,5-13,20-22H2,1H3. The maximum atomic E-state index is 11.3. The first-order valence-corrected chi connectivity index (χ1v) is 13.4. The predicted molar refractivity (Wildman–Crippen MR) is 143 cm³/mol. The number of carbonyl (C=O) groups is 1. The zero-order chi connectivity index (χ0) is 24.9. The summed E-state index contributed by atoms with van der Waals surface area (Å²) in [7, 11) is 0. The van der Waals surface area contributed by atoms with E-state index < -0.39 is 5.97 Å². The summed E-state index contributed by atoms with van der Waals surface area (Å²) in [6.45, 7) is 6.27. The summed E-state index contributed by atoms with van der Waals surface area (Å²) in [5, 5.41) is 9.24. The number of hydrogen-bond acceptors (Lipinski definition) is 4. The van der Waals surface area contributed by atoms with E-state index in [0.29, 0.717) is 12.3 Å². The van der Waals surface area contributed by atoms with Gasteiger partial charge in [0.1, 0.15) is 19.0 Å². The first-order chi connectivity index (χ1) is 17.1. The van der Waals surface area contributed by atoms with E-state index in [2.05, 4.69) is 56.0 Å². The Bertz CT molecular complexity index is 910. The van der Waals surface area contributed by atoms with Crippen molar-refractivity contribution >= 4 is 5.97 Å². The topological polar surface area (TPSA) is 55.8 Å². The number of aliphatic hydroxyl groups excluding tert-OH is 1. The first kappa shape index (κ1) is 27.0. The zero-order valence-electron chi connectivity index (χ0n) is 21.3. The molecule has 0 atom stereocenters. The lowest BCUT2D eigenvalue weighted by atomic mass is 9.77. The van der Waals surface area contributed by atoms with Crippen LogP contribution in [0.4, 0.5) is 0 Å². The lowest BCUT2D eigenvalue weighted by molar-refractivity contribution is -0.138. The molecule has 1 aliphatic carbocycles. The predicted octanol–water partition coefficient (Wildman–Crippen LogP) is 7.24. The van der Waals surface area contributed by atoms with Gasteiger partial charge < -0.3 is 14.6 Å². The average molecular weight is 479 g/mol. The van der Waals surface area contributed by atoms with Gasteiger partial charge in [-0.25, -0.2) is 4.79 Å². The maximum absolute atomic E-state index is 11.3. The summed E-state index contributed by atoms with van der Waals surface area (Å²) in [5.41, 5.74) is 4.77. The van der Waals surface area contributed by atoms with Gasteiger partial charge in [-0.3, -0.25) is 0 Å². The van der Waals surface area contributed by atoms with Crippen molar-refractivity contribution in [3.63, 3.8) is 0 Å². The number of unbranched alkanes of at least 4 members (excludes halogenated alkanes) is 2.